The number of primary amides is 1. The molecule has 0 aromatic rings. The molecule has 1 rings (SSSR count). The molecule has 1 aliphatic heterocycles. The maximum Gasteiger partial charge on any atom is 0.345 e. The lowest BCUT2D eigenvalue weighted by Crippen LogP contribution is -2.53. The Morgan fingerprint density at radius 2 is 2.10 bits per heavy atom. The first-order valence-electron chi connectivity index (χ1n) is 6.01. The van der Waals surface area contributed by atoms with Gasteiger partial charge in [-0.3, -0.25) is 9.40 Å². The number of rotatable bonds is 7. The van der Waals surface area contributed by atoms with E-state index in [4.69, 9.17) is 38.3 Å². The van der Waals surface area contributed by atoms with Gasteiger partial charge in [0.2, 0.25) is 0 Å². The van der Waals surface area contributed by atoms with Crippen LogP contribution in [0.4, 0.5) is 4.79 Å². The second-order valence-corrected chi connectivity index (χ2v) is 6.84. The smallest absolute Gasteiger partial charge is 0.345 e. The van der Waals surface area contributed by atoms with Crippen LogP contribution in [0, 0.1) is 0 Å². The van der Waals surface area contributed by atoms with E-state index in [1.165, 1.54) is 11.8 Å². The summed E-state index contributed by atoms with van der Waals surface area (Å²) in [6, 6.07) is -0.778. The van der Waals surface area contributed by atoms with Crippen LogP contribution < -0.4 is 10.8 Å². The number of nitrogens with two attached hydrogens (primary N) is 1. The van der Waals surface area contributed by atoms with Gasteiger partial charge in [-0.2, -0.15) is 5.06 Å². The van der Waals surface area contributed by atoms with Gasteiger partial charge < -0.3 is 10.3 Å². The Hall–Kier alpha value is -0.0800. The molecule has 3 N–H and O–H groups in total. The lowest BCUT2D eigenvalue weighted by atomic mass is 10.3. The average molecular weight is 349 g/mol. The summed E-state index contributed by atoms with van der Waals surface area (Å²) in [5.74, 6) is 0.556. The van der Waals surface area contributed by atoms with Crippen LogP contribution in [0.25, 0.3) is 0 Å². The zero-order valence-corrected chi connectivity index (χ0v) is 13.5. The van der Waals surface area contributed by atoms with Gasteiger partial charge in [0.25, 0.3) is 0 Å². The third kappa shape index (κ3) is 4.46. The molecule has 0 radical (unpaired) electrons. The summed E-state index contributed by atoms with van der Waals surface area (Å²) >= 11 is 11.4. The SMILES string of the molecule is CON(C(N)=O)C1CCOP(=O)(N(CCCl)CCCl)N1. The topological polar surface area (TPSA) is 97.1 Å². The molecule has 11 heteroatoms. The van der Waals surface area contributed by atoms with Crippen molar-refractivity contribution in [3.05, 3.63) is 0 Å². The molecule has 0 aliphatic carbocycles. The molecule has 2 unspecified atom stereocenters. The van der Waals surface area contributed by atoms with E-state index < -0.39 is 19.9 Å². The van der Waals surface area contributed by atoms with Crippen molar-refractivity contribution >= 4 is 36.9 Å². The molecule has 118 valence electrons. The average Bonchev–Trinajstić information content (AvgIpc) is 2.39. The molecule has 1 fully saturated rings. The second-order valence-electron chi connectivity index (χ2n) is 3.97. The summed E-state index contributed by atoms with van der Waals surface area (Å²) in [5.41, 5.74) is 5.20. The zero-order valence-electron chi connectivity index (χ0n) is 11.1. The minimum Gasteiger partial charge on any atom is -0.350 e. The molecular formula is C9H19Cl2N4O4P. The van der Waals surface area contributed by atoms with E-state index in [9.17, 15) is 9.36 Å². The summed E-state index contributed by atoms with van der Waals surface area (Å²) in [5, 5.41) is 3.70. The van der Waals surface area contributed by atoms with Gasteiger partial charge in [0, 0.05) is 31.3 Å². The van der Waals surface area contributed by atoms with Crippen LogP contribution in [-0.4, -0.2) is 60.5 Å². The second kappa shape index (κ2) is 8.38. The fourth-order valence-electron chi connectivity index (χ4n) is 1.85. The standard InChI is InChI=1S/C9H19Cl2N4O4P/c1-18-15(9(12)16)8-2-7-19-20(17,13-8)14(5-3-10)6-4-11/h8H,2-7H2,1H3,(H2,12,16)(H,13,17). The Kier molecular flexibility index (Phi) is 7.53. The predicted octanol–water partition coefficient (Wildman–Crippen LogP) is 1.15. The number of hydroxylamine groups is 2. The summed E-state index contributed by atoms with van der Waals surface area (Å²) in [6.45, 7) is 0.882. The number of nitrogens with zero attached hydrogens (tertiary/aromatic N) is 2. The van der Waals surface area contributed by atoms with Crippen LogP contribution in [0.5, 0.6) is 0 Å². The van der Waals surface area contributed by atoms with Crippen molar-refractivity contribution in [2.45, 2.75) is 12.6 Å². The number of carbonyl (C=O) groups excluding carboxylic acids is 1. The highest BCUT2D eigenvalue weighted by Gasteiger charge is 2.40. The first-order valence-corrected chi connectivity index (χ1v) is 8.65. The van der Waals surface area contributed by atoms with Crippen molar-refractivity contribution in [2.24, 2.45) is 5.73 Å². The Morgan fingerprint density at radius 1 is 1.50 bits per heavy atom. The van der Waals surface area contributed by atoms with E-state index in [2.05, 4.69) is 5.09 Å². The fourth-order valence-corrected chi connectivity index (χ4v) is 4.59. The normalized spacial score (nSPS) is 26.7. The monoisotopic (exact) mass is 348 g/mol. The summed E-state index contributed by atoms with van der Waals surface area (Å²) in [6.07, 6.45) is -0.235. The maximum atomic E-state index is 12.8. The molecule has 0 aromatic carbocycles. The van der Waals surface area contributed by atoms with E-state index in [0.29, 0.717) is 19.5 Å². The van der Waals surface area contributed by atoms with Crippen LogP contribution in [0.15, 0.2) is 0 Å². The Bertz CT molecular complexity index is 370. The van der Waals surface area contributed by atoms with Crippen LogP contribution in [-0.2, 0) is 13.9 Å². The molecule has 0 aromatic heterocycles. The molecule has 2 amide bonds. The quantitative estimate of drug-likeness (QED) is 0.407. The number of hydrogen-bond acceptors (Lipinski definition) is 4. The minimum atomic E-state index is -3.33. The van der Waals surface area contributed by atoms with Gasteiger partial charge in [0.05, 0.1) is 13.7 Å². The van der Waals surface area contributed by atoms with Crippen molar-refractivity contribution in [3.63, 3.8) is 0 Å². The molecule has 1 heterocycles. The molecule has 8 nitrogen and oxygen atoms in total. The third-order valence-electron chi connectivity index (χ3n) is 2.72. The summed E-state index contributed by atoms with van der Waals surface area (Å²) in [4.78, 5) is 16.2. The molecule has 1 saturated heterocycles. The molecule has 0 bridgehead atoms. The molecule has 2 atom stereocenters. The van der Waals surface area contributed by atoms with Crippen LogP contribution in [0.3, 0.4) is 0 Å². The first-order chi connectivity index (χ1) is 9.48. The molecule has 0 saturated carbocycles. The maximum absolute atomic E-state index is 12.8. The van der Waals surface area contributed by atoms with Gasteiger partial charge in [0.15, 0.2) is 0 Å². The molecule has 0 spiro atoms. The van der Waals surface area contributed by atoms with Crippen molar-refractivity contribution < 1.29 is 18.7 Å². The van der Waals surface area contributed by atoms with Crippen LogP contribution in [0.1, 0.15) is 6.42 Å². The number of nitrogens with one attached hydrogen (secondary N) is 1. The predicted molar refractivity (Wildman–Crippen MR) is 76.5 cm³/mol. The summed E-state index contributed by atoms with van der Waals surface area (Å²) < 4.78 is 19.7. The lowest BCUT2D eigenvalue weighted by Gasteiger charge is -2.39. The lowest BCUT2D eigenvalue weighted by molar-refractivity contribution is -0.125. The summed E-state index contributed by atoms with van der Waals surface area (Å²) in [7, 11) is -2.03. The van der Waals surface area contributed by atoms with Gasteiger partial charge in [-0.1, -0.05) is 0 Å². The number of amides is 2. The highest BCUT2D eigenvalue weighted by Crippen LogP contribution is 2.49. The van der Waals surface area contributed by atoms with E-state index in [-0.39, 0.29) is 18.4 Å². The van der Waals surface area contributed by atoms with Crippen molar-refractivity contribution in [1.82, 2.24) is 14.8 Å². The third-order valence-corrected chi connectivity index (χ3v) is 5.36. The van der Waals surface area contributed by atoms with Crippen LogP contribution >= 0.6 is 30.9 Å². The van der Waals surface area contributed by atoms with Gasteiger partial charge >= 0.3 is 13.7 Å². The largest absolute Gasteiger partial charge is 0.350 e. The number of hydrogen-bond donors (Lipinski definition) is 2. The van der Waals surface area contributed by atoms with Gasteiger partial charge in [-0.05, 0) is 0 Å². The number of halogens is 2. The zero-order chi connectivity index (χ0) is 15.2. The molecular weight excluding hydrogens is 330 g/mol. The van der Waals surface area contributed by atoms with E-state index in [0.717, 1.165) is 5.06 Å². The first kappa shape index (κ1) is 18.0. The van der Waals surface area contributed by atoms with E-state index >= 15 is 0 Å². The Labute approximate surface area is 128 Å². The number of urea groups is 1. The van der Waals surface area contributed by atoms with Crippen molar-refractivity contribution in [3.8, 4) is 0 Å². The van der Waals surface area contributed by atoms with Crippen molar-refractivity contribution in [1.29, 1.82) is 0 Å². The van der Waals surface area contributed by atoms with Gasteiger partial charge in [0.1, 0.15) is 6.17 Å². The minimum absolute atomic E-state index is 0.198. The molecule has 20 heavy (non-hydrogen) atoms. The van der Waals surface area contributed by atoms with E-state index in [1.54, 1.807) is 0 Å². The number of carbonyl (C=O) groups is 1. The number of alkyl halides is 2. The highest BCUT2D eigenvalue weighted by molar-refractivity contribution is 7.54. The van der Waals surface area contributed by atoms with Gasteiger partial charge in [-0.15, -0.1) is 23.2 Å². The Morgan fingerprint density at radius 3 is 2.55 bits per heavy atom. The highest BCUT2D eigenvalue weighted by atomic mass is 35.5. The molecule has 1 aliphatic rings. The Balaban J connectivity index is 2.84. The van der Waals surface area contributed by atoms with E-state index in [1.807, 2.05) is 0 Å². The van der Waals surface area contributed by atoms with Gasteiger partial charge in [-0.25, -0.2) is 14.6 Å². The van der Waals surface area contributed by atoms with Crippen molar-refractivity contribution in [2.75, 3.05) is 38.6 Å². The van der Waals surface area contributed by atoms with Crippen LogP contribution in [0.2, 0.25) is 0 Å². The fraction of sp³-hybridized carbons (Fsp3) is 0.889.